The molecule has 1 N–H and O–H groups in total. The number of benzene rings is 1. The standard InChI is InChI=1S/C12H9Br2N3O/c13-8-1-2-11(14)10(5-8)12(18)16-6-9-3-4-15-7-17-9/h1-5,7H,6H2,(H,16,18). The molecule has 1 aromatic carbocycles. The molecule has 0 unspecified atom stereocenters. The molecule has 0 atom stereocenters. The Bertz CT molecular complexity index is 561. The highest BCUT2D eigenvalue weighted by molar-refractivity contribution is 9.11. The molecule has 18 heavy (non-hydrogen) atoms. The summed E-state index contributed by atoms with van der Waals surface area (Å²) >= 11 is 6.69. The number of carbonyl (C=O) groups excluding carboxylic acids is 1. The van der Waals surface area contributed by atoms with E-state index in [1.54, 1.807) is 18.3 Å². The van der Waals surface area contributed by atoms with Crippen molar-refractivity contribution in [1.82, 2.24) is 15.3 Å². The van der Waals surface area contributed by atoms with Crippen LogP contribution in [0.25, 0.3) is 0 Å². The lowest BCUT2D eigenvalue weighted by atomic mass is 10.2. The number of nitrogens with one attached hydrogen (secondary N) is 1. The van der Waals surface area contributed by atoms with Gasteiger partial charge in [0.25, 0.3) is 5.91 Å². The maximum Gasteiger partial charge on any atom is 0.252 e. The lowest BCUT2D eigenvalue weighted by molar-refractivity contribution is 0.0949. The summed E-state index contributed by atoms with van der Waals surface area (Å²) in [7, 11) is 0. The fraction of sp³-hybridized carbons (Fsp3) is 0.0833. The summed E-state index contributed by atoms with van der Waals surface area (Å²) in [6.45, 7) is 0.375. The minimum Gasteiger partial charge on any atom is -0.346 e. The van der Waals surface area contributed by atoms with E-state index >= 15 is 0 Å². The van der Waals surface area contributed by atoms with E-state index in [0.29, 0.717) is 12.1 Å². The SMILES string of the molecule is O=C(NCc1ccncn1)c1cc(Br)ccc1Br. The number of carbonyl (C=O) groups is 1. The third kappa shape index (κ3) is 3.36. The zero-order valence-corrected chi connectivity index (χ0v) is 12.4. The van der Waals surface area contributed by atoms with Crippen molar-refractivity contribution in [1.29, 1.82) is 0 Å². The molecule has 0 aliphatic carbocycles. The van der Waals surface area contributed by atoms with Crippen molar-refractivity contribution in [3.8, 4) is 0 Å². The number of hydrogen-bond donors (Lipinski definition) is 1. The van der Waals surface area contributed by atoms with Crippen molar-refractivity contribution >= 4 is 37.8 Å². The van der Waals surface area contributed by atoms with Crippen molar-refractivity contribution in [2.24, 2.45) is 0 Å². The molecular weight excluding hydrogens is 362 g/mol. The minimum atomic E-state index is -0.151. The summed E-state index contributed by atoms with van der Waals surface area (Å²) in [5.74, 6) is -0.151. The second-order valence-electron chi connectivity index (χ2n) is 3.51. The number of nitrogens with zero attached hydrogens (tertiary/aromatic N) is 2. The second-order valence-corrected chi connectivity index (χ2v) is 5.28. The Balaban J connectivity index is 2.06. The van der Waals surface area contributed by atoms with Crippen LogP contribution in [-0.4, -0.2) is 15.9 Å². The molecular formula is C12H9Br2N3O. The maximum atomic E-state index is 12.0. The summed E-state index contributed by atoms with van der Waals surface area (Å²) in [6.07, 6.45) is 3.10. The van der Waals surface area contributed by atoms with E-state index in [9.17, 15) is 4.79 Å². The van der Waals surface area contributed by atoms with E-state index in [0.717, 1.165) is 14.6 Å². The average molecular weight is 371 g/mol. The Hall–Kier alpha value is -1.27. The van der Waals surface area contributed by atoms with Gasteiger partial charge in [0.05, 0.1) is 17.8 Å². The van der Waals surface area contributed by atoms with E-state index < -0.39 is 0 Å². The second kappa shape index (κ2) is 6.06. The Morgan fingerprint density at radius 3 is 2.83 bits per heavy atom. The first-order valence-electron chi connectivity index (χ1n) is 5.15. The van der Waals surface area contributed by atoms with Gasteiger partial charge in [0.2, 0.25) is 0 Å². The van der Waals surface area contributed by atoms with Gasteiger partial charge in [0.1, 0.15) is 6.33 Å². The molecule has 0 bridgehead atoms. The van der Waals surface area contributed by atoms with Crippen LogP contribution in [0.3, 0.4) is 0 Å². The molecule has 4 nitrogen and oxygen atoms in total. The molecule has 0 saturated heterocycles. The summed E-state index contributed by atoms with van der Waals surface area (Å²) in [5.41, 5.74) is 1.35. The third-order valence-corrected chi connectivity index (χ3v) is 3.43. The van der Waals surface area contributed by atoms with Crippen LogP contribution in [0.2, 0.25) is 0 Å². The normalized spacial score (nSPS) is 10.1. The maximum absolute atomic E-state index is 12.0. The highest BCUT2D eigenvalue weighted by atomic mass is 79.9. The molecule has 1 aromatic heterocycles. The molecule has 2 aromatic rings. The summed E-state index contributed by atoms with van der Waals surface area (Å²) in [6, 6.07) is 7.21. The fourth-order valence-corrected chi connectivity index (χ4v) is 2.15. The Labute approximate surface area is 121 Å². The van der Waals surface area contributed by atoms with Gasteiger partial charge in [-0.15, -0.1) is 0 Å². The van der Waals surface area contributed by atoms with Crippen molar-refractivity contribution < 1.29 is 4.79 Å². The highest BCUT2D eigenvalue weighted by Crippen LogP contribution is 2.21. The number of amides is 1. The first kappa shape index (κ1) is 13.2. The molecule has 2 rings (SSSR count). The molecule has 0 aliphatic rings. The molecule has 0 spiro atoms. The van der Waals surface area contributed by atoms with E-state index in [2.05, 4.69) is 47.1 Å². The molecule has 0 fully saturated rings. The van der Waals surface area contributed by atoms with Gasteiger partial charge >= 0.3 is 0 Å². The Morgan fingerprint density at radius 1 is 1.28 bits per heavy atom. The van der Waals surface area contributed by atoms with E-state index in [4.69, 9.17) is 0 Å². The molecule has 0 saturated carbocycles. The van der Waals surface area contributed by atoms with Crippen LogP contribution >= 0.6 is 31.9 Å². The van der Waals surface area contributed by atoms with Crippen LogP contribution in [0, 0.1) is 0 Å². The fourth-order valence-electron chi connectivity index (χ4n) is 1.36. The molecule has 6 heteroatoms. The van der Waals surface area contributed by atoms with Gasteiger partial charge in [0.15, 0.2) is 0 Å². The van der Waals surface area contributed by atoms with Gasteiger partial charge in [-0.3, -0.25) is 4.79 Å². The lowest BCUT2D eigenvalue weighted by Crippen LogP contribution is -2.23. The number of hydrogen-bond acceptors (Lipinski definition) is 3. The summed E-state index contributed by atoms with van der Waals surface area (Å²) in [4.78, 5) is 19.8. The topological polar surface area (TPSA) is 54.9 Å². The Morgan fingerprint density at radius 2 is 2.11 bits per heavy atom. The monoisotopic (exact) mass is 369 g/mol. The van der Waals surface area contributed by atoms with Crippen LogP contribution in [-0.2, 0) is 6.54 Å². The van der Waals surface area contributed by atoms with Crippen LogP contribution in [0.4, 0.5) is 0 Å². The zero-order chi connectivity index (χ0) is 13.0. The van der Waals surface area contributed by atoms with E-state index in [-0.39, 0.29) is 5.91 Å². The van der Waals surface area contributed by atoms with Gasteiger partial charge in [-0.25, -0.2) is 9.97 Å². The van der Waals surface area contributed by atoms with E-state index in [1.165, 1.54) is 6.33 Å². The van der Waals surface area contributed by atoms with Crippen molar-refractivity contribution in [3.05, 3.63) is 57.0 Å². The summed E-state index contributed by atoms with van der Waals surface area (Å²) in [5, 5.41) is 2.80. The number of halogens is 2. The van der Waals surface area contributed by atoms with Crippen LogP contribution < -0.4 is 5.32 Å². The van der Waals surface area contributed by atoms with Gasteiger partial charge in [0, 0.05) is 15.1 Å². The van der Waals surface area contributed by atoms with Crippen LogP contribution in [0.1, 0.15) is 16.1 Å². The molecule has 1 heterocycles. The largest absolute Gasteiger partial charge is 0.346 e. The molecule has 0 aliphatic heterocycles. The zero-order valence-electron chi connectivity index (χ0n) is 9.23. The van der Waals surface area contributed by atoms with Crippen molar-refractivity contribution in [3.63, 3.8) is 0 Å². The van der Waals surface area contributed by atoms with E-state index in [1.807, 2.05) is 12.1 Å². The number of rotatable bonds is 3. The van der Waals surface area contributed by atoms with Gasteiger partial charge < -0.3 is 5.32 Å². The highest BCUT2D eigenvalue weighted by Gasteiger charge is 2.10. The third-order valence-electron chi connectivity index (χ3n) is 2.25. The van der Waals surface area contributed by atoms with Crippen molar-refractivity contribution in [2.75, 3.05) is 0 Å². The lowest BCUT2D eigenvalue weighted by Gasteiger charge is -2.06. The van der Waals surface area contributed by atoms with Crippen LogP contribution in [0.5, 0.6) is 0 Å². The quantitative estimate of drug-likeness (QED) is 0.903. The van der Waals surface area contributed by atoms with Crippen molar-refractivity contribution in [2.45, 2.75) is 6.54 Å². The van der Waals surface area contributed by atoms with Crippen LogP contribution in [0.15, 0.2) is 45.7 Å². The average Bonchev–Trinajstić information content (AvgIpc) is 2.40. The van der Waals surface area contributed by atoms with Gasteiger partial charge in [-0.1, -0.05) is 15.9 Å². The predicted molar refractivity (Wildman–Crippen MR) is 75.0 cm³/mol. The first-order chi connectivity index (χ1) is 8.66. The predicted octanol–water partition coefficient (Wildman–Crippen LogP) is 2.93. The minimum absolute atomic E-state index is 0.151. The smallest absolute Gasteiger partial charge is 0.252 e. The molecule has 92 valence electrons. The first-order valence-corrected chi connectivity index (χ1v) is 6.73. The van der Waals surface area contributed by atoms with Gasteiger partial charge in [-0.05, 0) is 40.2 Å². The number of aromatic nitrogens is 2. The van der Waals surface area contributed by atoms with Gasteiger partial charge in [-0.2, -0.15) is 0 Å². The molecule has 1 amide bonds. The molecule has 0 radical (unpaired) electrons. The Kier molecular flexibility index (Phi) is 4.43. The summed E-state index contributed by atoms with van der Waals surface area (Å²) < 4.78 is 1.61.